The predicted octanol–water partition coefficient (Wildman–Crippen LogP) is 6.36. The van der Waals surface area contributed by atoms with Gasteiger partial charge in [-0.15, -0.1) is 11.3 Å². The van der Waals surface area contributed by atoms with Gasteiger partial charge in [0.2, 0.25) is 0 Å². The second kappa shape index (κ2) is 16.4. The molecular weight excluding hydrogens is 701 g/mol. The molecule has 10 nitrogen and oxygen atoms in total. The van der Waals surface area contributed by atoms with Gasteiger partial charge < -0.3 is 29.5 Å². The molecule has 3 aliphatic rings. The van der Waals surface area contributed by atoms with Gasteiger partial charge in [0.15, 0.2) is 23.9 Å². The lowest BCUT2D eigenvalue weighted by molar-refractivity contribution is -0.605. The standard InChI is InChI=1S/C37H39Cl2N3O7S/c1-46-31-10-8-25(16-33(31)47-2)32(17-27-29(38)20-42(45)21-30(27)39)48-37(44)35-11-9-26(50-35)18-40-19-28(23-6-4-3-5-7-23)36(43)49-34-22-41-14-12-24(34)13-15-41/h3-11,16,20-21,24,28,32,34,40H,12-15,17-19,22H2,1-2H3/t28?,32-,34-/m0/s1. The Morgan fingerprint density at radius 3 is 2.36 bits per heavy atom. The molecule has 3 saturated heterocycles. The number of ether oxygens (including phenoxy) is 4. The van der Waals surface area contributed by atoms with Crippen LogP contribution < -0.4 is 19.5 Å². The van der Waals surface area contributed by atoms with Crippen LogP contribution in [-0.4, -0.2) is 63.3 Å². The van der Waals surface area contributed by atoms with Gasteiger partial charge in [-0.1, -0.05) is 59.6 Å². The number of pyridine rings is 1. The van der Waals surface area contributed by atoms with Crippen LogP contribution in [0.3, 0.4) is 0 Å². The van der Waals surface area contributed by atoms with Crippen molar-refractivity contribution < 1.29 is 33.3 Å². The van der Waals surface area contributed by atoms with E-state index in [9.17, 15) is 14.8 Å². The van der Waals surface area contributed by atoms with Crippen molar-refractivity contribution in [3.05, 3.63) is 115 Å². The van der Waals surface area contributed by atoms with Gasteiger partial charge >= 0.3 is 11.9 Å². The lowest BCUT2D eigenvalue weighted by atomic mass is 9.85. The van der Waals surface area contributed by atoms with Crippen LogP contribution in [0.4, 0.5) is 0 Å². The Bertz CT molecular complexity index is 1780. The molecule has 2 aromatic heterocycles. The van der Waals surface area contributed by atoms with Gasteiger partial charge in [0.25, 0.3) is 0 Å². The maximum atomic E-state index is 13.6. The molecule has 0 saturated carbocycles. The number of thiophene rings is 1. The average Bonchev–Trinajstić information content (AvgIpc) is 3.61. The molecule has 2 aromatic carbocycles. The minimum atomic E-state index is -0.822. The maximum absolute atomic E-state index is 13.6. The van der Waals surface area contributed by atoms with Crippen LogP contribution in [0.15, 0.2) is 73.1 Å². The number of nitrogens with zero attached hydrogens (tertiary/aromatic N) is 2. The predicted molar refractivity (Wildman–Crippen MR) is 191 cm³/mol. The first kappa shape index (κ1) is 35.9. The summed E-state index contributed by atoms with van der Waals surface area (Å²) in [5, 5.41) is 15.6. The van der Waals surface area contributed by atoms with Gasteiger partial charge in [-0.25, -0.2) is 4.79 Å². The average molecular weight is 741 g/mol. The van der Waals surface area contributed by atoms with Crippen molar-refractivity contribution in [1.82, 2.24) is 10.2 Å². The number of carbonyl (C=O) groups is 2. The van der Waals surface area contributed by atoms with E-state index in [2.05, 4.69) is 10.2 Å². The number of aromatic nitrogens is 1. The highest BCUT2D eigenvalue weighted by Crippen LogP contribution is 2.36. The fourth-order valence-corrected chi connectivity index (χ4v) is 8.06. The van der Waals surface area contributed by atoms with E-state index in [-0.39, 0.29) is 28.5 Å². The highest BCUT2D eigenvalue weighted by Gasteiger charge is 2.38. The largest absolute Gasteiger partial charge is 0.619 e. The van der Waals surface area contributed by atoms with Gasteiger partial charge in [0.1, 0.15) is 27.1 Å². The summed E-state index contributed by atoms with van der Waals surface area (Å²) >= 11 is 14.1. The van der Waals surface area contributed by atoms with E-state index in [1.807, 2.05) is 36.4 Å². The zero-order valence-electron chi connectivity index (χ0n) is 27.8. The normalized spacial score (nSPS) is 19.4. The fourth-order valence-electron chi connectivity index (χ4n) is 6.60. The highest BCUT2D eigenvalue weighted by molar-refractivity contribution is 7.13. The SMILES string of the molecule is COc1ccc([C@H](Cc2c(Cl)c[n+]([O-])cc2Cl)OC(=O)c2ccc(CNCC(C(=O)O[C@H]3CN4CCC3CC4)c3ccccc3)s2)cc1OC. The maximum Gasteiger partial charge on any atom is 0.348 e. The Morgan fingerprint density at radius 1 is 0.980 bits per heavy atom. The number of halogens is 2. The van der Waals surface area contributed by atoms with E-state index >= 15 is 0 Å². The first-order valence-electron chi connectivity index (χ1n) is 16.5. The molecular formula is C37H39Cl2N3O7S. The lowest BCUT2D eigenvalue weighted by Crippen LogP contribution is -2.52. The quantitative estimate of drug-likeness (QED) is 0.0898. The molecule has 2 bridgehead atoms. The number of esters is 2. The summed E-state index contributed by atoms with van der Waals surface area (Å²) in [6.45, 7) is 3.78. The van der Waals surface area contributed by atoms with Gasteiger partial charge in [0.05, 0.1) is 20.1 Å². The van der Waals surface area contributed by atoms with Crippen LogP contribution >= 0.6 is 34.5 Å². The lowest BCUT2D eigenvalue weighted by Gasteiger charge is -2.44. The molecule has 5 heterocycles. The molecule has 0 amide bonds. The zero-order valence-corrected chi connectivity index (χ0v) is 30.1. The molecule has 0 radical (unpaired) electrons. The first-order valence-corrected chi connectivity index (χ1v) is 18.1. The summed E-state index contributed by atoms with van der Waals surface area (Å²) < 4.78 is 23.6. The molecule has 3 atom stereocenters. The third-order valence-corrected chi connectivity index (χ3v) is 11.1. The van der Waals surface area contributed by atoms with Gasteiger partial charge in [-0.2, -0.15) is 4.73 Å². The summed E-state index contributed by atoms with van der Waals surface area (Å²) in [5.41, 5.74) is 1.98. The van der Waals surface area contributed by atoms with Crippen molar-refractivity contribution >= 4 is 46.5 Å². The fraction of sp³-hybridized carbons (Fsp3) is 0.378. The van der Waals surface area contributed by atoms with Crippen molar-refractivity contribution in [2.45, 2.75) is 43.9 Å². The highest BCUT2D eigenvalue weighted by atomic mass is 35.5. The Labute approximate surface area is 305 Å². The zero-order chi connectivity index (χ0) is 35.2. The summed E-state index contributed by atoms with van der Waals surface area (Å²) in [6, 6.07) is 18.5. The van der Waals surface area contributed by atoms with E-state index in [1.54, 1.807) is 24.3 Å². The first-order chi connectivity index (χ1) is 24.2. The van der Waals surface area contributed by atoms with E-state index in [1.165, 1.54) is 38.0 Å². The smallest absolute Gasteiger partial charge is 0.348 e. The number of nitrogens with one attached hydrogen (secondary N) is 1. The van der Waals surface area contributed by atoms with Crippen LogP contribution in [-0.2, 0) is 27.2 Å². The van der Waals surface area contributed by atoms with Gasteiger partial charge in [-0.3, -0.25) is 9.69 Å². The van der Waals surface area contributed by atoms with Crippen molar-refractivity contribution in [2.75, 3.05) is 40.4 Å². The molecule has 4 aromatic rings. The van der Waals surface area contributed by atoms with Crippen molar-refractivity contribution in [3.8, 4) is 11.5 Å². The molecule has 0 aliphatic carbocycles. The minimum absolute atomic E-state index is 0.0677. The summed E-state index contributed by atoms with van der Waals surface area (Å²) in [4.78, 5) is 30.7. The second-order valence-corrected chi connectivity index (χ2v) is 14.5. The minimum Gasteiger partial charge on any atom is -0.619 e. The van der Waals surface area contributed by atoms with Crippen molar-refractivity contribution in [1.29, 1.82) is 0 Å². The molecule has 13 heteroatoms. The number of carbonyl (C=O) groups excluding carboxylic acids is 2. The number of rotatable bonds is 14. The molecule has 3 fully saturated rings. The van der Waals surface area contributed by atoms with Crippen LogP contribution in [0.25, 0.3) is 0 Å². The Hall–Kier alpha value is -3.87. The molecule has 1 unspecified atom stereocenters. The van der Waals surface area contributed by atoms with E-state index in [0.29, 0.717) is 51.2 Å². The second-order valence-electron chi connectivity index (χ2n) is 12.5. The molecule has 264 valence electrons. The van der Waals surface area contributed by atoms with Gasteiger partial charge in [0, 0.05) is 36.5 Å². The van der Waals surface area contributed by atoms with Crippen LogP contribution in [0, 0.1) is 11.1 Å². The monoisotopic (exact) mass is 739 g/mol. The summed E-state index contributed by atoms with van der Waals surface area (Å²) in [7, 11) is 3.05. The number of benzene rings is 2. The summed E-state index contributed by atoms with van der Waals surface area (Å²) in [5.74, 6) is 0.178. The van der Waals surface area contributed by atoms with Gasteiger partial charge in [-0.05, 0) is 67.2 Å². The number of fused-ring (bicyclic) bond motifs is 3. The topological polar surface area (TPSA) is 113 Å². The third kappa shape index (κ3) is 8.52. The molecule has 1 N–H and O–H groups in total. The molecule has 0 spiro atoms. The molecule has 3 aliphatic heterocycles. The van der Waals surface area contributed by atoms with E-state index in [4.69, 9.17) is 42.1 Å². The van der Waals surface area contributed by atoms with Crippen molar-refractivity contribution in [3.63, 3.8) is 0 Å². The van der Waals surface area contributed by atoms with Crippen LogP contribution in [0.5, 0.6) is 11.5 Å². The number of hydrogen-bond acceptors (Lipinski definition) is 10. The molecule has 50 heavy (non-hydrogen) atoms. The van der Waals surface area contributed by atoms with E-state index < -0.39 is 18.0 Å². The Kier molecular flexibility index (Phi) is 11.8. The number of methoxy groups -OCH3 is 2. The van der Waals surface area contributed by atoms with Crippen LogP contribution in [0.2, 0.25) is 10.0 Å². The van der Waals surface area contributed by atoms with E-state index in [0.717, 1.165) is 42.9 Å². The van der Waals surface area contributed by atoms with Crippen LogP contribution in [0.1, 0.15) is 56.1 Å². The van der Waals surface area contributed by atoms with Crippen molar-refractivity contribution in [2.24, 2.45) is 5.92 Å². The summed E-state index contributed by atoms with van der Waals surface area (Å²) in [6.07, 6.45) is 3.76. The Balaban J connectivity index is 1.13. The molecule has 7 rings (SSSR count). The Morgan fingerprint density at radius 2 is 1.70 bits per heavy atom. The number of hydrogen-bond donors (Lipinski definition) is 1. The number of piperidine rings is 3. The third-order valence-electron chi connectivity index (χ3n) is 9.34.